The molecule has 6 nitrogen and oxygen atoms in total. The number of aryl methyl sites for hydroxylation is 1. The molecule has 0 saturated heterocycles. The van der Waals surface area contributed by atoms with Crippen molar-refractivity contribution in [2.75, 3.05) is 0 Å². The van der Waals surface area contributed by atoms with Crippen LogP contribution in [0.4, 0.5) is 0 Å². The lowest BCUT2D eigenvalue weighted by Crippen LogP contribution is -2.22. The number of imidazole rings is 1. The van der Waals surface area contributed by atoms with Crippen LogP contribution in [0.2, 0.25) is 0 Å². The van der Waals surface area contributed by atoms with Gasteiger partial charge in [0.25, 0.3) is 5.91 Å². The van der Waals surface area contributed by atoms with E-state index in [0.717, 1.165) is 33.3 Å². The first-order chi connectivity index (χ1) is 16.2. The maximum Gasteiger partial charge on any atom is 0.263 e. The van der Waals surface area contributed by atoms with E-state index in [-0.39, 0.29) is 5.91 Å². The standard InChI is InChI=1S/C26H21N5OS/c1-18-27-14-15-31(18)22-16-19(12-13-28-22)17-29-25(32)24-23(20-8-4-2-5-9-20)30-26(33-24)21-10-6-3-7-11-21/h2-16H,17H2,1H3,(H,29,32). The van der Waals surface area contributed by atoms with Gasteiger partial charge in [0, 0.05) is 36.3 Å². The Bertz CT molecular complexity index is 1390. The highest BCUT2D eigenvalue weighted by Crippen LogP contribution is 2.33. The first-order valence-electron chi connectivity index (χ1n) is 10.5. The summed E-state index contributed by atoms with van der Waals surface area (Å²) in [4.78, 5) is 27.3. The summed E-state index contributed by atoms with van der Waals surface area (Å²) in [6.45, 7) is 2.31. The number of benzene rings is 2. The number of nitrogens with zero attached hydrogens (tertiary/aromatic N) is 4. The van der Waals surface area contributed by atoms with Crippen LogP contribution < -0.4 is 5.32 Å². The van der Waals surface area contributed by atoms with Gasteiger partial charge in [-0.3, -0.25) is 9.36 Å². The zero-order chi connectivity index (χ0) is 22.6. The smallest absolute Gasteiger partial charge is 0.263 e. The first-order valence-corrected chi connectivity index (χ1v) is 11.4. The zero-order valence-electron chi connectivity index (χ0n) is 18.0. The second-order valence-corrected chi connectivity index (χ2v) is 8.48. The molecule has 0 atom stereocenters. The fourth-order valence-corrected chi connectivity index (χ4v) is 4.56. The van der Waals surface area contributed by atoms with Gasteiger partial charge in [-0.15, -0.1) is 11.3 Å². The molecule has 0 aliphatic heterocycles. The number of carbonyl (C=O) groups is 1. The third-order valence-corrected chi connectivity index (χ3v) is 6.34. The third-order valence-electron chi connectivity index (χ3n) is 5.24. The van der Waals surface area contributed by atoms with Gasteiger partial charge in [0.15, 0.2) is 0 Å². The molecule has 0 radical (unpaired) electrons. The summed E-state index contributed by atoms with van der Waals surface area (Å²) in [5, 5.41) is 3.88. The molecule has 0 spiro atoms. The van der Waals surface area contributed by atoms with Crippen molar-refractivity contribution in [3.63, 3.8) is 0 Å². The highest BCUT2D eigenvalue weighted by Gasteiger charge is 2.20. The maximum absolute atomic E-state index is 13.3. The largest absolute Gasteiger partial charge is 0.347 e. The Morgan fingerprint density at radius 2 is 1.67 bits per heavy atom. The number of pyridine rings is 1. The molecule has 0 aliphatic rings. The molecule has 1 amide bonds. The molecular weight excluding hydrogens is 430 g/mol. The van der Waals surface area contributed by atoms with E-state index in [9.17, 15) is 4.79 Å². The van der Waals surface area contributed by atoms with E-state index in [4.69, 9.17) is 4.98 Å². The fraction of sp³-hybridized carbons (Fsp3) is 0.0769. The van der Waals surface area contributed by atoms with Gasteiger partial charge in [-0.1, -0.05) is 60.7 Å². The van der Waals surface area contributed by atoms with Crippen molar-refractivity contribution in [2.24, 2.45) is 0 Å². The Labute approximate surface area is 195 Å². The second-order valence-electron chi connectivity index (χ2n) is 7.48. The Morgan fingerprint density at radius 1 is 0.939 bits per heavy atom. The first kappa shape index (κ1) is 20.8. The molecule has 3 heterocycles. The van der Waals surface area contributed by atoms with Crippen LogP contribution in [0.15, 0.2) is 91.4 Å². The Hall–Kier alpha value is -4.10. The van der Waals surface area contributed by atoms with Crippen molar-refractivity contribution >= 4 is 17.2 Å². The topological polar surface area (TPSA) is 72.7 Å². The molecule has 5 rings (SSSR count). The van der Waals surface area contributed by atoms with Crippen LogP contribution in [0.5, 0.6) is 0 Å². The van der Waals surface area contributed by atoms with Crippen LogP contribution in [-0.2, 0) is 6.54 Å². The van der Waals surface area contributed by atoms with Crippen molar-refractivity contribution in [3.05, 3.63) is 108 Å². The minimum absolute atomic E-state index is 0.147. The van der Waals surface area contributed by atoms with Crippen molar-refractivity contribution in [1.82, 2.24) is 24.8 Å². The average Bonchev–Trinajstić information content (AvgIpc) is 3.51. The molecule has 0 fully saturated rings. The lowest BCUT2D eigenvalue weighted by atomic mass is 10.1. The van der Waals surface area contributed by atoms with Gasteiger partial charge >= 0.3 is 0 Å². The predicted octanol–water partition coefficient (Wildman–Crippen LogP) is 5.30. The lowest BCUT2D eigenvalue weighted by molar-refractivity contribution is 0.0955. The molecule has 33 heavy (non-hydrogen) atoms. The molecule has 0 aliphatic carbocycles. The molecule has 0 saturated carbocycles. The minimum Gasteiger partial charge on any atom is -0.347 e. The number of amides is 1. The summed E-state index contributed by atoms with van der Waals surface area (Å²) in [7, 11) is 0. The van der Waals surface area contributed by atoms with Crippen LogP contribution in [0.1, 0.15) is 21.1 Å². The van der Waals surface area contributed by atoms with Gasteiger partial charge in [0.2, 0.25) is 0 Å². The van der Waals surface area contributed by atoms with Crippen LogP contribution in [0, 0.1) is 6.92 Å². The molecule has 7 heteroatoms. The number of carbonyl (C=O) groups excluding carboxylic acids is 1. The van der Waals surface area contributed by atoms with Gasteiger partial charge in [-0.2, -0.15) is 0 Å². The highest BCUT2D eigenvalue weighted by atomic mass is 32.1. The van der Waals surface area contributed by atoms with Gasteiger partial charge in [-0.25, -0.2) is 15.0 Å². The zero-order valence-corrected chi connectivity index (χ0v) is 18.8. The number of hydrogen-bond acceptors (Lipinski definition) is 5. The highest BCUT2D eigenvalue weighted by molar-refractivity contribution is 7.17. The Morgan fingerprint density at radius 3 is 2.36 bits per heavy atom. The van der Waals surface area contributed by atoms with Gasteiger partial charge in [-0.05, 0) is 24.6 Å². The monoisotopic (exact) mass is 451 g/mol. The van der Waals surface area contributed by atoms with Crippen molar-refractivity contribution in [2.45, 2.75) is 13.5 Å². The molecule has 1 N–H and O–H groups in total. The number of aromatic nitrogens is 4. The van der Waals surface area contributed by atoms with E-state index in [1.54, 1.807) is 12.4 Å². The fourth-order valence-electron chi connectivity index (χ4n) is 3.55. The van der Waals surface area contributed by atoms with E-state index in [1.165, 1.54) is 11.3 Å². The number of thiazole rings is 1. The van der Waals surface area contributed by atoms with Gasteiger partial charge in [0.1, 0.15) is 21.5 Å². The van der Waals surface area contributed by atoms with E-state index < -0.39 is 0 Å². The number of nitrogens with one attached hydrogen (secondary N) is 1. The molecule has 0 bridgehead atoms. The summed E-state index contributed by atoms with van der Waals surface area (Å²) in [6.07, 6.45) is 5.35. The Kier molecular flexibility index (Phi) is 5.78. The van der Waals surface area contributed by atoms with Crippen molar-refractivity contribution in [1.29, 1.82) is 0 Å². The lowest BCUT2D eigenvalue weighted by Gasteiger charge is -2.08. The Balaban J connectivity index is 1.42. The van der Waals surface area contributed by atoms with Crippen molar-refractivity contribution < 1.29 is 4.79 Å². The van der Waals surface area contributed by atoms with Crippen LogP contribution in [0.25, 0.3) is 27.6 Å². The van der Waals surface area contributed by atoms with Crippen LogP contribution in [0.3, 0.4) is 0 Å². The summed E-state index contributed by atoms with van der Waals surface area (Å²) >= 11 is 1.41. The summed E-state index contributed by atoms with van der Waals surface area (Å²) in [5.74, 6) is 1.48. The number of rotatable bonds is 6. The SMILES string of the molecule is Cc1nccn1-c1cc(CNC(=O)c2sc(-c3ccccc3)nc2-c2ccccc2)ccn1. The third kappa shape index (κ3) is 4.44. The molecule has 3 aromatic heterocycles. The summed E-state index contributed by atoms with van der Waals surface area (Å²) < 4.78 is 1.91. The van der Waals surface area contributed by atoms with E-state index >= 15 is 0 Å². The summed E-state index contributed by atoms with van der Waals surface area (Å²) in [5.41, 5.74) is 3.56. The van der Waals surface area contributed by atoms with Gasteiger partial charge < -0.3 is 5.32 Å². The quantitative estimate of drug-likeness (QED) is 0.380. The van der Waals surface area contributed by atoms with Crippen LogP contribution in [-0.4, -0.2) is 25.4 Å². The average molecular weight is 452 g/mol. The van der Waals surface area contributed by atoms with Crippen molar-refractivity contribution in [3.8, 4) is 27.6 Å². The normalized spacial score (nSPS) is 10.8. The molecule has 5 aromatic rings. The van der Waals surface area contributed by atoms with Crippen LogP contribution >= 0.6 is 11.3 Å². The predicted molar refractivity (Wildman–Crippen MR) is 130 cm³/mol. The molecule has 2 aromatic carbocycles. The summed E-state index contributed by atoms with van der Waals surface area (Å²) in [6, 6.07) is 23.6. The molecule has 162 valence electrons. The molecular formula is C26H21N5OS. The van der Waals surface area contributed by atoms with E-state index in [2.05, 4.69) is 15.3 Å². The second kappa shape index (κ2) is 9.18. The molecule has 0 unspecified atom stereocenters. The van der Waals surface area contributed by atoms with E-state index in [1.807, 2.05) is 90.5 Å². The van der Waals surface area contributed by atoms with Gasteiger partial charge in [0.05, 0.1) is 5.69 Å². The number of hydrogen-bond donors (Lipinski definition) is 1. The van der Waals surface area contributed by atoms with E-state index in [0.29, 0.717) is 17.1 Å². The maximum atomic E-state index is 13.3. The minimum atomic E-state index is -0.147.